The number of ether oxygens (including phenoxy) is 1. The predicted octanol–water partition coefficient (Wildman–Crippen LogP) is 2.83. The number of hydrogen-bond donors (Lipinski definition) is 1. The first-order valence-electron chi connectivity index (χ1n) is 9.44. The van der Waals surface area contributed by atoms with Gasteiger partial charge in [0.15, 0.2) is 5.41 Å². The van der Waals surface area contributed by atoms with Crippen molar-refractivity contribution in [1.29, 1.82) is 15.8 Å². The van der Waals surface area contributed by atoms with Crippen molar-refractivity contribution in [2.24, 2.45) is 17.1 Å². The van der Waals surface area contributed by atoms with E-state index < -0.39 is 11.3 Å². The van der Waals surface area contributed by atoms with Crippen molar-refractivity contribution in [2.45, 2.75) is 19.8 Å². The molecule has 6 heteroatoms. The molecule has 0 unspecified atom stereocenters. The third-order valence-electron chi connectivity index (χ3n) is 5.74. The SMILES string of the molecule is CCOc1ccc([C@H]2[C@@H]3CN(CC)CC=C3C(C#N)=C(N)C2(C#N)C#N)cc1. The molecule has 1 aliphatic heterocycles. The van der Waals surface area contributed by atoms with E-state index in [1.807, 2.05) is 37.3 Å². The van der Waals surface area contributed by atoms with Gasteiger partial charge >= 0.3 is 0 Å². The topological polar surface area (TPSA) is 110 Å². The summed E-state index contributed by atoms with van der Waals surface area (Å²) in [5.74, 6) is 0.112. The molecule has 2 N–H and O–H groups in total. The summed E-state index contributed by atoms with van der Waals surface area (Å²) in [4.78, 5) is 2.24. The molecule has 1 aromatic rings. The van der Waals surface area contributed by atoms with Gasteiger partial charge in [-0.15, -0.1) is 0 Å². The Bertz CT molecular complexity index is 925. The number of likely N-dealkylation sites (N-methyl/N-ethyl adjacent to an activating group) is 1. The molecule has 1 aliphatic carbocycles. The molecule has 142 valence electrons. The molecule has 0 fully saturated rings. The zero-order valence-electron chi connectivity index (χ0n) is 16.1. The number of rotatable bonds is 4. The molecule has 1 heterocycles. The van der Waals surface area contributed by atoms with Crippen molar-refractivity contribution in [1.82, 2.24) is 4.90 Å². The monoisotopic (exact) mass is 373 g/mol. The lowest BCUT2D eigenvalue weighted by molar-refractivity contribution is 0.214. The normalized spacial score (nSPS) is 23.6. The first kappa shape index (κ1) is 19.5. The lowest BCUT2D eigenvalue weighted by atomic mass is 9.58. The molecule has 0 bridgehead atoms. The van der Waals surface area contributed by atoms with Gasteiger partial charge in [-0.3, -0.25) is 4.90 Å². The molecule has 3 rings (SSSR count). The van der Waals surface area contributed by atoms with E-state index in [-0.39, 0.29) is 17.2 Å². The van der Waals surface area contributed by atoms with E-state index in [2.05, 4.69) is 30.0 Å². The highest BCUT2D eigenvalue weighted by Crippen LogP contribution is 2.54. The van der Waals surface area contributed by atoms with Crippen LogP contribution in [0.15, 0.2) is 47.2 Å². The highest BCUT2D eigenvalue weighted by Gasteiger charge is 2.54. The second-order valence-electron chi connectivity index (χ2n) is 7.03. The van der Waals surface area contributed by atoms with Crippen LogP contribution >= 0.6 is 0 Å². The summed E-state index contributed by atoms with van der Waals surface area (Å²) in [6.45, 7) is 6.80. The van der Waals surface area contributed by atoms with Crippen LogP contribution in [0.2, 0.25) is 0 Å². The third kappa shape index (κ3) is 2.91. The van der Waals surface area contributed by atoms with Crippen LogP contribution in [0.4, 0.5) is 0 Å². The minimum atomic E-state index is -1.59. The Morgan fingerprint density at radius 3 is 2.39 bits per heavy atom. The molecule has 0 radical (unpaired) electrons. The van der Waals surface area contributed by atoms with Gasteiger partial charge < -0.3 is 10.5 Å². The van der Waals surface area contributed by atoms with Crippen molar-refractivity contribution >= 4 is 0 Å². The molecule has 2 atom stereocenters. The smallest absolute Gasteiger partial charge is 0.191 e. The first-order valence-corrected chi connectivity index (χ1v) is 9.44. The van der Waals surface area contributed by atoms with Crippen molar-refractivity contribution in [3.8, 4) is 24.0 Å². The summed E-state index contributed by atoms with van der Waals surface area (Å²) in [5.41, 5.74) is 6.76. The zero-order chi connectivity index (χ0) is 20.3. The molecular formula is C22H23N5O. The van der Waals surface area contributed by atoms with Gasteiger partial charge in [0.1, 0.15) is 11.8 Å². The van der Waals surface area contributed by atoms with Gasteiger partial charge in [-0.25, -0.2) is 0 Å². The maximum atomic E-state index is 10.1. The van der Waals surface area contributed by atoms with Crippen LogP contribution in [-0.4, -0.2) is 31.1 Å². The highest BCUT2D eigenvalue weighted by atomic mass is 16.5. The minimum absolute atomic E-state index is 0.0614. The third-order valence-corrected chi connectivity index (χ3v) is 5.74. The molecule has 0 saturated heterocycles. The van der Waals surface area contributed by atoms with Crippen LogP contribution in [0.25, 0.3) is 0 Å². The molecule has 28 heavy (non-hydrogen) atoms. The van der Waals surface area contributed by atoms with Crippen molar-refractivity contribution in [3.63, 3.8) is 0 Å². The van der Waals surface area contributed by atoms with Crippen LogP contribution in [0.3, 0.4) is 0 Å². The molecule has 0 aromatic heterocycles. The Balaban J connectivity index is 2.22. The number of allylic oxidation sites excluding steroid dienone is 2. The number of nitriles is 3. The summed E-state index contributed by atoms with van der Waals surface area (Å²) in [7, 11) is 0. The fourth-order valence-corrected chi connectivity index (χ4v) is 4.31. The van der Waals surface area contributed by atoms with E-state index in [0.29, 0.717) is 13.2 Å². The summed E-state index contributed by atoms with van der Waals surface area (Å²) in [5, 5.41) is 29.8. The summed E-state index contributed by atoms with van der Waals surface area (Å²) in [6.07, 6.45) is 2.02. The van der Waals surface area contributed by atoms with Crippen molar-refractivity contribution in [3.05, 3.63) is 52.7 Å². The number of hydrogen-bond acceptors (Lipinski definition) is 6. The predicted molar refractivity (Wildman–Crippen MR) is 105 cm³/mol. The maximum absolute atomic E-state index is 10.1. The van der Waals surface area contributed by atoms with Gasteiger partial charge in [0.05, 0.1) is 30.0 Å². The molecule has 6 nitrogen and oxygen atoms in total. The van der Waals surface area contributed by atoms with Crippen molar-refractivity contribution < 1.29 is 4.74 Å². The van der Waals surface area contributed by atoms with Crippen LogP contribution in [0.1, 0.15) is 25.3 Å². The Morgan fingerprint density at radius 2 is 1.86 bits per heavy atom. The largest absolute Gasteiger partial charge is 0.494 e. The van der Waals surface area contributed by atoms with E-state index in [1.54, 1.807) is 0 Å². The van der Waals surface area contributed by atoms with Crippen LogP contribution in [0.5, 0.6) is 5.75 Å². The van der Waals surface area contributed by atoms with Crippen molar-refractivity contribution in [2.75, 3.05) is 26.2 Å². The average Bonchev–Trinajstić information content (AvgIpc) is 2.73. The maximum Gasteiger partial charge on any atom is 0.191 e. The molecule has 0 saturated carbocycles. The average molecular weight is 373 g/mol. The van der Waals surface area contributed by atoms with Crippen LogP contribution in [0, 0.1) is 45.3 Å². The summed E-state index contributed by atoms with van der Waals surface area (Å²) < 4.78 is 5.52. The molecule has 2 aliphatic rings. The second-order valence-corrected chi connectivity index (χ2v) is 7.03. The fourth-order valence-electron chi connectivity index (χ4n) is 4.31. The van der Waals surface area contributed by atoms with E-state index in [9.17, 15) is 15.8 Å². The summed E-state index contributed by atoms with van der Waals surface area (Å²) >= 11 is 0. The molecule has 1 aromatic carbocycles. The van der Waals surface area contributed by atoms with Gasteiger partial charge in [0.25, 0.3) is 0 Å². The molecular weight excluding hydrogens is 350 g/mol. The highest BCUT2D eigenvalue weighted by molar-refractivity contribution is 5.59. The van der Waals surface area contributed by atoms with E-state index in [0.717, 1.165) is 30.0 Å². The van der Waals surface area contributed by atoms with E-state index >= 15 is 0 Å². The lowest BCUT2D eigenvalue weighted by Gasteiger charge is -2.45. The Labute approximate surface area is 165 Å². The van der Waals surface area contributed by atoms with Gasteiger partial charge in [-0.05, 0) is 36.7 Å². The van der Waals surface area contributed by atoms with Gasteiger partial charge in [0, 0.05) is 24.9 Å². The van der Waals surface area contributed by atoms with Crippen LogP contribution in [-0.2, 0) is 0 Å². The standard InChI is InChI=1S/C22H23N5O/c1-3-27-10-9-17-18(11-23)21(26)22(13-24,14-25)20(19(17)12-27)15-5-7-16(8-6-15)28-4-2/h5-9,19-20H,3-4,10,12,26H2,1-2H3/t19-,20+/m1/s1. The number of benzene rings is 1. The number of fused-ring (bicyclic) bond motifs is 1. The molecule has 0 amide bonds. The lowest BCUT2D eigenvalue weighted by Crippen LogP contribution is -2.48. The Hall–Kier alpha value is -3.27. The summed E-state index contributed by atoms with van der Waals surface area (Å²) in [6, 6.07) is 14.0. The zero-order valence-corrected chi connectivity index (χ0v) is 16.1. The Morgan fingerprint density at radius 1 is 1.18 bits per heavy atom. The fraction of sp³-hybridized carbons (Fsp3) is 0.409. The first-order chi connectivity index (χ1) is 13.6. The van der Waals surface area contributed by atoms with E-state index in [4.69, 9.17) is 10.5 Å². The van der Waals surface area contributed by atoms with Gasteiger partial charge in [-0.1, -0.05) is 25.1 Å². The number of nitrogens with zero attached hydrogens (tertiary/aromatic N) is 4. The second kappa shape index (κ2) is 7.77. The molecule has 0 spiro atoms. The van der Waals surface area contributed by atoms with Crippen LogP contribution < -0.4 is 10.5 Å². The van der Waals surface area contributed by atoms with E-state index in [1.165, 1.54) is 0 Å². The van der Waals surface area contributed by atoms with Gasteiger partial charge in [0.2, 0.25) is 0 Å². The minimum Gasteiger partial charge on any atom is -0.494 e. The van der Waals surface area contributed by atoms with Gasteiger partial charge in [-0.2, -0.15) is 15.8 Å². The quantitative estimate of drug-likeness (QED) is 0.869. The number of nitrogens with two attached hydrogens (primary N) is 1. The Kier molecular flexibility index (Phi) is 5.41.